The van der Waals surface area contributed by atoms with Gasteiger partial charge in [-0.3, -0.25) is 9.45 Å². The molecule has 0 aromatic heterocycles. The first-order chi connectivity index (χ1) is 6.55. The van der Waals surface area contributed by atoms with Crippen LogP contribution in [0, 0.1) is 0 Å². The van der Waals surface area contributed by atoms with Crippen LogP contribution in [0.1, 0.15) is 39.0 Å². The van der Waals surface area contributed by atoms with Crippen molar-refractivity contribution in [2.45, 2.75) is 44.4 Å². The van der Waals surface area contributed by atoms with Crippen LogP contribution in [0.25, 0.3) is 0 Å². The molecule has 1 atom stereocenters. The van der Waals surface area contributed by atoms with E-state index in [1.54, 1.807) is 0 Å². The Morgan fingerprint density at radius 1 is 1.29 bits per heavy atom. The molecule has 14 heavy (non-hydrogen) atoms. The molecule has 1 heterocycles. The highest BCUT2D eigenvalue weighted by Gasteiger charge is 2.29. The first-order valence-electron chi connectivity index (χ1n) is 5.26. The van der Waals surface area contributed by atoms with Crippen molar-refractivity contribution in [1.29, 1.82) is 0 Å². The van der Waals surface area contributed by atoms with Crippen LogP contribution in [0.15, 0.2) is 0 Å². The molecule has 0 bridgehead atoms. The van der Waals surface area contributed by atoms with Gasteiger partial charge in [-0.1, -0.05) is 19.8 Å². The molecule has 4 nitrogen and oxygen atoms in total. The summed E-state index contributed by atoms with van der Waals surface area (Å²) in [7, 11) is -3.90. The summed E-state index contributed by atoms with van der Waals surface area (Å²) in [5, 5.41) is -0.673. The Morgan fingerprint density at radius 3 is 2.29 bits per heavy atom. The molecule has 1 saturated heterocycles. The molecule has 1 rings (SSSR count). The zero-order chi connectivity index (χ0) is 10.6. The monoisotopic (exact) mass is 221 g/mol. The molecule has 1 N–H and O–H groups in total. The molecule has 0 radical (unpaired) electrons. The van der Waals surface area contributed by atoms with E-state index in [4.69, 9.17) is 4.55 Å². The molecular weight excluding hydrogens is 202 g/mol. The van der Waals surface area contributed by atoms with Crippen LogP contribution < -0.4 is 0 Å². The Balaban J connectivity index is 2.66. The summed E-state index contributed by atoms with van der Waals surface area (Å²) < 4.78 is 31.4. The molecule has 0 amide bonds. The van der Waals surface area contributed by atoms with E-state index >= 15 is 0 Å². The van der Waals surface area contributed by atoms with Gasteiger partial charge in [-0.2, -0.15) is 8.42 Å². The molecular formula is C9H19NO3S. The summed E-state index contributed by atoms with van der Waals surface area (Å²) in [4.78, 5) is 1.89. The summed E-state index contributed by atoms with van der Waals surface area (Å²) >= 11 is 0. The Bertz CT molecular complexity index is 257. The number of rotatable bonds is 4. The third kappa shape index (κ3) is 3.22. The van der Waals surface area contributed by atoms with Gasteiger partial charge in [-0.25, -0.2) is 0 Å². The lowest BCUT2D eigenvalue weighted by Crippen LogP contribution is -2.43. The fourth-order valence-corrected chi connectivity index (χ4v) is 3.09. The fraction of sp³-hybridized carbons (Fsp3) is 1.00. The minimum Gasteiger partial charge on any atom is -0.285 e. The molecule has 0 aromatic carbocycles. The normalized spacial score (nSPS) is 22.1. The molecule has 0 aliphatic carbocycles. The highest BCUT2D eigenvalue weighted by molar-refractivity contribution is 7.86. The minimum absolute atomic E-state index is 0.527. The van der Waals surface area contributed by atoms with E-state index in [1.807, 2.05) is 11.8 Å². The van der Waals surface area contributed by atoms with Gasteiger partial charge in [0.15, 0.2) is 0 Å². The van der Waals surface area contributed by atoms with E-state index in [0.29, 0.717) is 6.42 Å². The van der Waals surface area contributed by atoms with Crippen molar-refractivity contribution in [1.82, 2.24) is 4.90 Å². The molecule has 0 aromatic rings. The minimum atomic E-state index is -3.90. The maximum Gasteiger partial charge on any atom is 0.281 e. The Kier molecular flexibility index (Phi) is 4.34. The Morgan fingerprint density at radius 2 is 1.86 bits per heavy atom. The second kappa shape index (κ2) is 5.09. The van der Waals surface area contributed by atoms with Crippen LogP contribution in [0.3, 0.4) is 0 Å². The molecule has 1 fully saturated rings. The van der Waals surface area contributed by atoms with Gasteiger partial charge in [-0.05, 0) is 32.4 Å². The van der Waals surface area contributed by atoms with Crippen LogP contribution >= 0.6 is 0 Å². The van der Waals surface area contributed by atoms with Gasteiger partial charge in [0.1, 0.15) is 5.37 Å². The van der Waals surface area contributed by atoms with Crippen LogP contribution in [-0.4, -0.2) is 36.3 Å². The van der Waals surface area contributed by atoms with E-state index in [-0.39, 0.29) is 0 Å². The SMILES string of the molecule is CCCC(N1CCCCC1)S(=O)(=O)O. The van der Waals surface area contributed by atoms with Crippen LogP contribution in [0.5, 0.6) is 0 Å². The maximum atomic E-state index is 11.1. The van der Waals surface area contributed by atoms with Crippen molar-refractivity contribution in [3.05, 3.63) is 0 Å². The van der Waals surface area contributed by atoms with Crippen molar-refractivity contribution in [2.24, 2.45) is 0 Å². The van der Waals surface area contributed by atoms with Crippen molar-refractivity contribution >= 4 is 10.1 Å². The Hall–Kier alpha value is -0.130. The summed E-state index contributed by atoms with van der Waals surface area (Å²) in [6.07, 6.45) is 4.55. The predicted octanol–water partition coefficient (Wildman–Crippen LogP) is 1.49. The quantitative estimate of drug-likeness (QED) is 0.731. The van der Waals surface area contributed by atoms with E-state index in [0.717, 1.165) is 32.4 Å². The van der Waals surface area contributed by atoms with Gasteiger partial charge in [-0.15, -0.1) is 0 Å². The lowest BCUT2D eigenvalue weighted by atomic mass is 10.1. The van der Waals surface area contributed by atoms with Crippen LogP contribution in [-0.2, 0) is 10.1 Å². The lowest BCUT2D eigenvalue weighted by molar-refractivity contribution is 0.191. The standard InChI is InChI=1S/C9H19NO3S/c1-2-6-9(14(11,12)13)10-7-4-3-5-8-10/h9H,2-8H2,1H3,(H,11,12,13). The predicted molar refractivity (Wildman–Crippen MR) is 55.7 cm³/mol. The Labute approximate surface area is 86.0 Å². The fourth-order valence-electron chi connectivity index (χ4n) is 1.97. The van der Waals surface area contributed by atoms with Crippen molar-refractivity contribution in [2.75, 3.05) is 13.1 Å². The van der Waals surface area contributed by atoms with E-state index in [9.17, 15) is 8.42 Å². The van der Waals surface area contributed by atoms with Gasteiger partial charge in [0.05, 0.1) is 0 Å². The van der Waals surface area contributed by atoms with Gasteiger partial charge in [0.25, 0.3) is 10.1 Å². The average Bonchev–Trinajstić information content (AvgIpc) is 2.14. The zero-order valence-corrected chi connectivity index (χ0v) is 9.46. The summed E-state index contributed by atoms with van der Waals surface area (Å²) in [5.74, 6) is 0. The highest BCUT2D eigenvalue weighted by atomic mass is 32.2. The lowest BCUT2D eigenvalue weighted by Gasteiger charge is -2.32. The molecule has 84 valence electrons. The summed E-state index contributed by atoms with van der Waals surface area (Å²) in [6, 6.07) is 0. The van der Waals surface area contributed by atoms with E-state index in [2.05, 4.69) is 0 Å². The third-order valence-electron chi connectivity index (χ3n) is 2.68. The second-order valence-electron chi connectivity index (χ2n) is 3.85. The number of likely N-dealkylation sites (tertiary alicyclic amines) is 1. The van der Waals surface area contributed by atoms with Crippen LogP contribution in [0.4, 0.5) is 0 Å². The van der Waals surface area contributed by atoms with Gasteiger partial charge in [0.2, 0.25) is 0 Å². The van der Waals surface area contributed by atoms with Crippen molar-refractivity contribution in [3.63, 3.8) is 0 Å². The zero-order valence-electron chi connectivity index (χ0n) is 8.65. The van der Waals surface area contributed by atoms with E-state index < -0.39 is 15.5 Å². The van der Waals surface area contributed by atoms with Gasteiger partial charge < -0.3 is 0 Å². The maximum absolute atomic E-state index is 11.1. The first-order valence-corrected chi connectivity index (χ1v) is 6.76. The molecule has 0 saturated carbocycles. The highest BCUT2D eigenvalue weighted by Crippen LogP contribution is 2.18. The molecule has 5 heteroatoms. The van der Waals surface area contributed by atoms with Crippen LogP contribution in [0.2, 0.25) is 0 Å². The molecule has 0 spiro atoms. The first kappa shape index (κ1) is 11.9. The van der Waals surface area contributed by atoms with Crippen molar-refractivity contribution in [3.8, 4) is 0 Å². The summed E-state index contributed by atoms with van der Waals surface area (Å²) in [5.41, 5.74) is 0. The summed E-state index contributed by atoms with van der Waals surface area (Å²) in [6.45, 7) is 3.52. The van der Waals surface area contributed by atoms with Gasteiger partial charge in [0, 0.05) is 0 Å². The number of hydrogen-bond donors (Lipinski definition) is 1. The average molecular weight is 221 g/mol. The van der Waals surface area contributed by atoms with Crippen molar-refractivity contribution < 1.29 is 13.0 Å². The number of hydrogen-bond acceptors (Lipinski definition) is 3. The number of nitrogens with zero attached hydrogens (tertiary/aromatic N) is 1. The number of piperidine rings is 1. The second-order valence-corrected chi connectivity index (χ2v) is 5.43. The topological polar surface area (TPSA) is 57.6 Å². The molecule has 1 aliphatic heterocycles. The van der Waals surface area contributed by atoms with Gasteiger partial charge >= 0.3 is 0 Å². The molecule has 1 aliphatic rings. The molecule has 1 unspecified atom stereocenters. The smallest absolute Gasteiger partial charge is 0.281 e. The largest absolute Gasteiger partial charge is 0.285 e. The van der Waals surface area contributed by atoms with E-state index in [1.165, 1.54) is 6.42 Å². The third-order valence-corrected chi connectivity index (χ3v) is 3.90.